The van der Waals surface area contributed by atoms with Gasteiger partial charge in [-0.15, -0.1) is 10.2 Å². The Hall–Kier alpha value is -1.40. The van der Waals surface area contributed by atoms with Crippen molar-refractivity contribution in [2.75, 3.05) is 0 Å². The molecular weight excluding hydrogens is 212 g/mol. The van der Waals surface area contributed by atoms with Gasteiger partial charge in [0.25, 0.3) is 5.22 Å². The third-order valence-corrected chi connectivity index (χ3v) is 2.72. The third-order valence-electron chi connectivity index (χ3n) is 1.79. The minimum Gasteiger partial charge on any atom is -0.416 e. The zero-order valence-corrected chi connectivity index (χ0v) is 8.99. The number of aromatic nitrogens is 3. The molecule has 2 aromatic heterocycles. The lowest BCUT2D eigenvalue weighted by molar-refractivity contribution is 0.429. The fourth-order valence-corrected chi connectivity index (χ4v) is 1.91. The fraction of sp³-hybridized carbons (Fsp3) is 0.222. The Morgan fingerprint density at radius 1 is 1.47 bits per heavy atom. The molecule has 2 heterocycles. The smallest absolute Gasteiger partial charge is 0.281 e. The van der Waals surface area contributed by atoms with Crippen molar-refractivity contribution in [2.45, 2.75) is 23.6 Å². The normalized spacial score (nSPS) is 10.5. The summed E-state index contributed by atoms with van der Waals surface area (Å²) >= 11 is 1.38. The number of aryl methyl sites for hydroxylation is 1. The Labute approximate surface area is 91.1 Å². The van der Waals surface area contributed by atoms with E-state index in [0.29, 0.717) is 17.7 Å². The molecule has 0 unspecified atom stereocenters. The van der Waals surface area contributed by atoms with E-state index in [1.807, 2.05) is 6.07 Å². The second kappa shape index (κ2) is 4.41. The van der Waals surface area contributed by atoms with E-state index in [1.54, 1.807) is 19.3 Å². The van der Waals surface area contributed by atoms with E-state index in [0.717, 1.165) is 10.5 Å². The summed E-state index contributed by atoms with van der Waals surface area (Å²) in [5, 5.41) is 8.15. The van der Waals surface area contributed by atoms with Crippen LogP contribution in [0.1, 0.15) is 11.5 Å². The molecule has 0 saturated heterocycles. The van der Waals surface area contributed by atoms with Gasteiger partial charge in [0.15, 0.2) is 0 Å². The molecule has 0 fully saturated rings. The molecule has 0 aromatic carbocycles. The van der Waals surface area contributed by atoms with Crippen molar-refractivity contribution in [1.82, 2.24) is 15.2 Å². The van der Waals surface area contributed by atoms with Crippen LogP contribution >= 0.6 is 11.8 Å². The molecule has 78 valence electrons. The van der Waals surface area contributed by atoms with Crippen LogP contribution < -0.4 is 5.73 Å². The molecule has 5 nitrogen and oxygen atoms in total. The van der Waals surface area contributed by atoms with Crippen molar-refractivity contribution < 1.29 is 4.42 Å². The lowest BCUT2D eigenvalue weighted by Gasteiger charge is -2.02. The highest BCUT2D eigenvalue weighted by molar-refractivity contribution is 7.99. The fourth-order valence-electron chi connectivity index (χ4n) is 1.08. The van der Waals surface area contributed by atoms with E-state index in [2.05, 4.69) is 15.2 Å². The zero-order chi connectivity index (χ0) is 10.7. The summed E-state index contributed by atoms with van der Waals surface area (Å²) < 4.78 is 5.26. The molecular formula is C9H10N4OS. The summed E-state index contributed by atoms with van der Waals surface area (Å²) in [6, 6.07) is 1.88. The number of nitrogens with zero attached hydrogens (tertiary/aromatic N) is 3. The van der Waals surface area contributed by atoms with Crippen molar-refractivity contribution >= 4 is 11.8 Å². The van der Waals surface area contributed by atoms with Crippen LogP contribution in [-0.4, -0.2) is 15.2 Å². The molecule has 2 aromatic rings. The van der Waals surface area contributed by atoms with Crippen molar-refractivity contribution in [3.8, 4) is 0 Å². The van der Waals surface area contributed by atoms with E-state index in [9.17, 15) is 0 Å². The highest BCUT2D eigenvalue weighted by Crippen LogP contribution is 2.28. The molecule has 0 amide bonds. The van der Waals surface area contributed by atoms with E-state index >= 15 is 0 Å². The molecule has 0 saturated carbocycles. The van der Waals surface area contributed by atoms with Gasteiger partial charge < -0.3 is 10.2 Å². The average Bonchev–Trinajstić information content (AvgIpc) is 2.65. The Morgan fingerprint density at radius 2 is 2.33 bits per heavy atom. The van der Waals surface area contributed by atoms with Crippen LogP contribution in [0.5, 0.6) is 0 Å². The van der Waals surface area contributed by atoms with Crippen LogP contribution in [0.15, 0.2) is 33.0 Å². The Bertz CT molecular complexity index is 457. The molecule has 2 rings (SSSR count). The minimum atomic E-state index is 0.470. The number of nitrogens with two attached hydrogens (primary N) is 1. The molecule has 0 bridgehead atoms. The van der Waals surface area contributed by atoms with Gasteiger partial charge in [-0.25, -0.2) is 0 Å². The predicted octanol–water partition coefficient (Wildman–Crippen LogP) is 1.38. The first-order valence-corrected chi connectivity index (χ1v) is 5.22. The number of pyridine rings is 1. The lowest BCUT2D eigenvalue weighted by Crippen LogP contribution is -1.98. The summed E-state index contributed by atoms with van der Waals surface area (Å²) in [6.45, 7) is 2.22. The van der Waals surface area contributed by atoms with Crippen LogP contribution in [0.2, 0.25) is 0 Å². The number of rotatable bonds is 3. The average molecular weight is 222 g/mol. The van der Waals surface area contributed by atoms with Crippen molar-refractivity contribution in [2.24, 2.45) is 5.73 Å². The quantitative estimate of drug-likeness (QED) is 0.845. The highest BCUT2D eigenvalue weighted by atomic mass is 32.2. The monoisotopic (exact) mass is 222 g/mol. The minimum absolute atomic E-state index is 0.470. The first-order chi connectivity index (χ1) is 7.29. The van der Waals surface area contributed by atoms with E-state index < -0.39 is 0 Å². The summed E-state index contributed by atoms with van der Waals surface area (Å²) in [5.41, 5.74) is 6.62. The second-order valence-corrected chi connectivity index (χ2v) is 3.87. The van der Waals surface area contributed by atoms with Gasteiger partial charge in [-0.2, -0.15) is 0 Å². The lowest BCUT2D eigenvalue weighted by atomic mass is 10.3. The number of hydrogen-bond donors (Lipinski definition) is 1. The SMILES string of the molecule is Cc1nnc(Sc2cnccc2CN)o1. The van der Waals surface area contributed by atoms with Crippen LogP contribution in [0, 0.1) is 6.92 Å². The molecule has 0 spiro atoms. The van der Waals surface area contributed by atoms with Crippen LogP contribution in [-0.2, 0) is 6.54 Å². The number of hydrogen-bond acceptors (Lipinski definition) is 6. The zero-order valence-electron chi connectivity index (χ0n) is 8.17. The Kier molecular flexibility index (Phi) is 2.98. The molecule has 0 atom stereocenters. The second-order valence-electron chi connectivity index (χ2n) is 2.88. The molecule has 2 N–H and O–H groups in total. The molecule has 0 aliphatic carbocycles. The molecule has 6 heteroatoms. The van der Waals surface area contributed by atoms with Crippen molar-refractivity contribution in [3.63, 3.8) is 0 Å². The van der Waals surface area contributed by atoms with E-state index in [1.165, 1.54) is 11.8 Å². The molecule has 0 aliphatic heterocycles. The largest absolute Gasteiger partial charge is 0.416 e. The first kappa shape index (κ1) is 10.1. The maximum absolute atomic E-state index is 5.60. The van der Waals surface area contributed by atoms with Gasteiger partial charge >= 0.3 is 0 Å². The Morgan fingerprint density at radius 3 is 3.00 bits per heavy atom. The van der Waals surface area contributed by atoms with Crippen LogP contribution in [0.3, 0.4) is 0 Å². The first-order valence-electron chi connectivity index (χ1n) is 4.40. The predicted molar refractivity (Wildman–Crippen MR) is 55.3 cm³/mol. The third kappa shape index (κ3) is 2.34. The summed E-state index contributed by atoms with van der Waals surface area (Å²) in [5.74, 6) is 0.552. The van der Waals surface area contributed by atoms with Gasteiger partial charge in [-0.3, -0.25) is 4.98 Å². The maximum atomic E-state index is 5.60. The van der Waals surface area contributed by atoms with Gasteiger partial charge in [0.05, 0.1) is 0 Å². The van der Waals surface area contributed by atoms with E-state index in [-0.39, 0.29) is 0 Å². The van der Waals surface area contributed by atoms with Crippen LogP contribution in [0.25, 0.3) is 0 Å². The standard InChI is InChI=1S/C9H10N4OS/c1-6-12-13-9(14-6)15-8-5-11-3-2-7(8)4-10/h2-3,5H,4,10H2,1H3. The summed E-state index contributed by atoms with van der Waals surface area (Å²) in [7, 11) is 0. The molecule has 15 heavy (non-hydrogen) atoms. The topological polar surface area (TPSA) is 77.8 Å². The Balaban J connectivity index is 2.23. The van der Waals surface area contributed by atoms with E-state index in [4.69, 9.17) is 10.2 Å². The van der Waals surface area contributed by atoms with Crippen molar-refractivity contribution in [1.29, 1.82) is 0 Å². The van der Waals surface area contributed by atoms with Crippen molar-refractivity contribution in [3.05, 3.63) is 29.9 Å². The van der Waals surface area contributed by atoms with Gasteiger partial charge in [-0.05, 0) is 23.4 Å². The summed E-state index contributed by atoms with van der Waals surface area (Å²) in [4.78, 5) is 4.98. The molecule has 0 radical (unpaired) electrons. The van der Waals surface area contributed by atoms with Gasteiger partial charge in [0, 0.05) is 30.8 Å². The highest BCUT2D eigenvalue weighted by Gasteiger charge is 2.08. The van der Waals surface area contributed by atoms with Gasteiger partial charge in [0.1, 0.15) is 0 Å². The molecule has 0 aliphatic rings. The van der Waals surface area contributed by atoms with Gasteiger partial charge in [0.2, 0.25) is 5.89 Å². The van der Waals surface area contributed by atoms with Gasteiger partial charge in [-0.1, -0.05) is 0 Å². The summed E-state index contributed by atoms with van der Waals surface area (Å²) in [6.07, 6.45) is 3.46. The maximum Gasteiger partial charge on any atom is 0.281 e. The van der Waals surface area contributed by atoms with Crippen LogP contribution in [0.4, 0.5) is 0 Å².